The Labute approximate surface area is 106 Å². The fraction of sp³-hybridized carbons (Fsp3) is 0.545. The summed E-state index contributed by atoms with van der Waals surface area (Å²) in [5, 5.41) is 0. The molecule has 0 aliphatic rings. The van der Waals surface area contributed by atoms with Crippen LogP contribution in [0.5, 0.6) is 0 Å². The number of nitrogens with two attached hydrogens (primary N) is 1. The van der Waals surface area contributed by atoms with Crippen molar-refractivity contribution in [3.05, 3.63) is 28.5 Å². The second-order valence-electron chi connectivity index (χ2n) is 3.49. The van der Waals surface area contributed by atoms with Crippen molar-refractivity contribution in [1.29, 1.82) is 0 Å². The lowest BCUT2D eigenvalue weighted by atomic mass is 10.1. The number of unbranched alkanes of at least 4 members (excludes halogenated alkanes) is 2. The Morgan fingerprint density at radius 2 is 2.13 bits per heavy atom. The van der Waals surface area contributed by atoms with Gasteiger partial charge in [0.25, 0.3) is 0 Å². The van der Waals surface area contributed by atoms with Crippen LogP contribution < -0.4 is 5.73 Å². The number of nitrogens with zero attached hydrogens (tertiary/aromatic N) is 1. The van der Waals surface area contributed by atoms with Crippen LogP contribution in [0.3, 0.4) is 0 Å². The van der Waals surface area contributed by atoms with Crippen molar-refractivity contribution in [2.24, 2.45) is 5.73 Å². The van der Waals surface area contributed by atoms with Crippen molar-refractivity contribution < 1.29 is 0 Å². The van der Waals surface area contributed by atoms with E-state index in [-0.39, 0.29) is 18.4 Å². The highest BCUT2D eigenvalue weighted by atomic mass is 79.9. The predicted octanol–water partition coefficient (Wildman–Crippen LogP) is 3.85. The fourth-order valence-electron chi connectivity index (χ4n) is 1.39. The van der Waals surface area contributed by atoms with Crippen molar-refractivity contribution in [2.45, 2.75) is 38.6 Å². The molecule has 1 aromatic heterocycles. The Morgan fingerprint density at radius 3 is 2.73 bits per heavy atom. The SMILES string of the molecule is CCCCC[C@H](N)c1cccc(Br)n1.Cl. The summed E-state index contributed by atoms with van der Waals surface area (Å²) in [5.74, 6) is 0. The van der Waals surface area contributed by atoms with Crippen LogP contribution in [0.25, 0.3) is 0 Å². The van der Waals surface area contributed by atoms with E-state index in [1.54, 1.807) is 0 Å². The molecule has 0 saturated carbocycles. The van der Waals surface area contributed by atoms with Gasteiger partial charge in [0.15, 0.2) is 0 Å². The highest BCUT2D eigenvalue weighted by Gasteiger charge is 2.06. The molecule has 0 unspecified atom stereocenters. The second-order valence-corrected chi connectivity index (χ2v) is 4.30. The van der Waals surface area contributed by atoms with Crippen LogP contribution in [0, 0.1) is 0 Å². The summed E-state index contributed by atoms with van der Waals surface area (Å²) in [4.78, 5) is 4.34. The first-order chi connectivity index (χ1) is 6.74. The van der Waals surface area contributed by atoms with Gasteiger partial charge in [0.1, 0.15) is 4.60 Å². The minimum atomic E-state index is 0. The van der Waals surface area contributed by atoms with E-state index < -0.39 is 0 Å². The van der Waals surface area contributed by atoms with E-state index in [1.165, 1.54) is 19.3 Å². The summed E-state index contributed by atoms with van der Waals surface area (Å²) in [6, 6.07) is 5.97. The molecule has 1 atom stereocenters. The number of hydrogen-bond donors (Lipinski definition) is 1. The van der Waals surface area contributed by atoms with Crippen LogP contribution in [0.1, 0.15) is 44.3 Å². The van der Waals surface area contributed by atoms with Gasteiger partial charge in [0, 0.05) is 6.04 Å². The van der Waals surface area contributed by atoms with Gasteiger partial charge in [-0.15, -0.1) is 12.4 Å². The van der Waals surface area contributed by atoms with E-state index in [4.69, 9.17) is 5.73 Å². The predicted molar refractivity (Wildman–Crippen MR) is 70.3 cm³/mol. The quantitative estimate of drug-likeness (QED) is 0.661. The highest BCUT2D eigenvalue weighted by Crippen LogP contribution is 2.17. The third kappa shape index (κ3) is 5.50. The monoisotopic (exact) mass is 292 g/mol. The molecule has 0 aliphatic carbocycles. The van der Waals surface area contributed by atoms with E-state index in [9.17, 15) is 0 Å². The van der Waals surface area contributed by atoms with Crippen molar-refractivity contribution in [1.82, 2.24) is 4.98 Å². The van der Waals surface area contributed by atoms with E-state index >= 15 is 0 Å². The molecule has 0 amide bonds. The number of pyridine rings is 1. The maximum Gasteiger partial charge on any atom is 0.106 e. The zero-order valence-electron chi connectivity index (χ0n) is 8.95. The molecule has 0 bridgehead atoms. The number of rotatable bonds is 5. The average Bonchev–Trinajstić information content (AvgIpc) is 2.18. The zero-order chi connectivity index (χ0) is 10.4. The Balaban J connectivity index is 0.00000196. The third-order valence-corrected chi connectivity index (χ3v) is 2.68. The number of aromatic nitrogens is 1. The molecule has 0 aromatic carbocycles. The van der Waals surface area contributed by atoms with Crippen LogP contribution >= 0.6 is 28.3 Å². The fourth-order valence-corrected chi connectivity index (χ4v) is 1.75. The molecule has 1 rings (SSSR count). The zero-order valence-corrected chi connectivity index (χ0v) is 11.4. The van der Waals surface area contributed by atoms with Gasteiger partial charge in [-0.1, -0.05) is 32.3 Å². The van der Waals surface area contributed by atoms with Crippen molar-refractivity contribution >= 4 is 28.3 Å². The maximum atomic E-state index is 6.02. The molecule has 1 heterocycles. The van der Waals surface area contributed by atoms with Gasteiger partial charge in [-0.05, 0) is 34.5 Å². The topological polar surface area (TPSA) is 38.9 Å². The summed E-state index contributed by atoms with van der Waals surface area (Å²) in [7, 11) is 0. The lowest BCUT2D eigenvalue weighted by Crippen LogP contribution is -2.11. The van der Waals surface area contributed by atoms with Gasteiger partial charge in [-0.25, -0.2) is 4.98 Å². The van der Waals surface area contributed by atoms with Crippen LogP contribution in [0.4, 0.5) is 0 Å². The average molecular weight is 294 g/mol. The van der Waals surface area contributed by atoms with Gasteiger partial charge < -0.3 is 5.73 Å². The Bertz CT molecular complexity index is 281. The molecule has 0 spiro atoms. The molecule has 4 heteroatoms. The van der Waals surface area contributed by atoms with Gasteiger partial charge in [0.2, 0.25) is 0 Å². The van der Waals surface area contributed by atoms with Crippen molar-refractivity contribution in [3.8, 4) is 0 Å². The number of hydrogen-bond acceptors (Lipinski definition) is 2. The molecule has 1 aromatic rings. The third-order valence-electron chi connectivity index (χ3n) is 2.24. The van der Waals surface area contributed by atoms with Gasteiger partial charge >= 0.3 is 0 Å². The molecular formula is C11H18BrClN2. The minimum absolute atomic E-state index is 0. The summed E-state index contributed by atoms with van der Waals surface area (Å²) in [6.45, 7) is 2.20. The summed E-state index contributed by atoms with van der Waals surface area (Å²) < 4.78 is 0.862. The highest BCUT2D eigenvalue weighted by molar-refractivity contribution is 9.10. The van der Waals surface area contributed by atoms with E-state index in [1.807, 2.05) is 18.2 Å². The molecule has 0 aliphatic heterocycles. The second kappa shape index (κ2) is 8.08. The summed E-state index contributed by atoms with van der Waals surface area (Å²) >= 11 is 3.35. The Hall–Kier alpha value is -0.120. The lowest BCUT2D eigenvalue weighted by Gasteiger charge is -2.10. The standard InChI is InChI=1S/C11H17BrN2.ClH/c1-2-3-4-6-9(13)10-7-5-8-11(12)14-10;/h5,7-9H,2-4,6,13H2,1H3;1H/t9-;/m0./s1. The molecule has 2 N–H and O–H groups in total. The first kappa shape index (κ1) is 14.9. The molecule has 0 saturated heterocycles. The smallest absolute Gasteiger partial charge is 0.106 e. The van der Waals surface area contributed by atoms with Crippen LogP contribution in [-0.2, 0) is 0 Å². The molecule has 0 radical (unpaired) electrons. The van der Waals surface area contributed by atoms with Crippen LogP contribution in [0.15, 0.2) is 22.8 Å². The van der Waals surface area contributed by atoms with Crippen molar-refractivity contribution in [3.63, 3.8) is 0 Å². The largest absolute Gasteiger partial charge is 0.323 e. The normalized spacial score (nSPS) is 11.9. The minimum Gasteiger partial charge on any atom is -0.323 e. The van der Waals surface area contributed by atoms with Crippen LogP contribution in [-0.4, -0.2) is 4.98 Å². The lowest BCUT2D eigenvalue weighted by molar-refractivity contribution is 0.570. The molecule has 86 valence electrons. The summed E-state index contributed by atoms with van der Waals surface area (Å²) in [6.07, 6.45) is 4.70. The van der Waals surface area contributed by atoms with Gasteiger partial charge in [0.05, 0.1) is 5.69 Å². The van der Waals surface area contributed by atoms with Gasteiger partial charge in [-0.2, -0.15) is 0 Å². The molecule has 15 heavy (non-hydrogen) atoms. The first-order valence-corrected chi connectivity index (χ1v) is 5.91. The maximum absolute atomic E-state index is 6.02. The molecule has 2 nitrogen and oxygen atoms in total. The summed E-state index contributed by atoms with van der Waals surface area (Å²) in [5.41, 5.74) is 7.00. The Morgan fingerprint density at radius 1 is 1.40 bits per heavy atom. The van der Waals surface area contributed by atoms with E-state index in [0.717, 1.165) is 16.7 Å². The first-order valence-electron chi connectivity index (χ1n) is 5.12. The Kier molecular flexibility index (Phi) is 8.02. The van der Waals surface area contributed by atoms with Crippen LogP contribution in [0.2, 0.25) is 0 Å². The van der Waals surface area contributed by atoms with E-state index in [0.29, 0.717) is 0 Å². The molecule has 0 fully saturated rings. The number of halogens is 2. The van der Waals surface area contributed by atoms with Gasteiger partial charge in [-0.3, -0.25) is 0 Å². The molecular weight excluding hydrogens is 275 g/mol. The van der Waals surface area contributed by atoms with Crippen molar-refractivity contribution in [2.75, 3.05) is 0 Å². The van der Waals surface area contributed by atoms with E-state index in [2.05, 4.69) is 27.8 Å².